The largest absolute Gasteiger partial charge is 0.500 e. The van der Waals surface area contributed by atoms with Gasteiger partial charge in [0.2, 0.25) is 0 Å². The number of aldehydes is 1. The van der Waals surface area contributed by atoms with E-state index in [1.807, 2.05) is 19.8 Å². The van der Waals surface area contributed by atoms with Crippen molar-refractivity contribution in [2.24, 2.45) is 5.92 Å². The van der Waals surface area contributed by atoms with Crippen LogP contribution in [0.15, 0.2) is 28.2 Å². The molecule has 4 nitrogen and oxygen atoms in total. The Labute approximate surface area is 101 Å². The number of allylic oxidation sites excluding steroid dienone is 3. The molecule has 4 heteroatoms. The summed E-state index contributed by atoms with van der Waals surface area (Å²) >= 11 is 0. The second kappa shape index (κ2) is 5.51. The van der Waals surface area contributed by atoms with Gasteiger partial charge in [0.1, 0.15) is 29.7 Å². The molecule has 0 aromatic rings. The molecule has 17 heavy (non-hydrogen) atoms. The van der Waals surface area contributed by atoms with Crippen molar-refractivity contribution in [2.45, 2.75) is 20.8 Å². The number of rotatable bonds is 4. The highest BCUT2D eigenvalue weighted by molar-refractivity contribution is 5.78. The molecule has 0 aromatic carbocycles. The normalized spacial score (nSPS) is 20.2. The molecule has 0 spiro atoms. The van der Waals surface area contributed by atoms with Gasteiger partial charge in [0.25, 0.3) is 0 Å². The van der Waals surface area contributed by atoms with E-state index in [0.717, 1.165) is 5.57 Å². The molecule has 1 atom stereocenters. The average molecular weight is 236 g/mol. The first-order chi connectivity index (χ1) is 8.12. The van der Waals surface area contributed by atoms with Gasteiger partial charge in [-0.3, -0.25) is 0 Å². The van der Waals surface area contributed by atoms with Gasteiger partial charge in [0.15, 0.2) is 0 Å². The second-order valence-electron chi connectivity index (χ2n) is 3.71. The third-order valence-electron chi connectivity index (χ3n) is 2.80. The van der Waals surface area contributed by atoms with Crippen LogP contribution in [0.4, 0.5) is 0 Å². The maximum absolute atomic E-state index is 11.1. The van der Waals surface area contributed by atoms with Crippen LogP contribution in [0.5, 0.6) is 0 Å². The maximum atomic E-state index is 11.1. The van der Waals surface area contributed by atoms with Gasteiger partial charge < -0.3 is 14.3 Å². The minimum absolute atomic E-state index is 0.283. The van der Waals surface area contributed by atoms with Crippen LogP contribution in [-0.4, -0.2) is 25.9 Å². The fourth-order valence-corrected chi connectivity index (χ4v) is 2.02. The standard InChI is InChI=1S/C13H16O4/c1-5-17-12-8(2)10(6-14)11(7-15)13(16-4)9(12)3/h7,11H,5H2,1-4H3. The monoisotopic (exact) mass is 236 g/mol. The summed E-state index contributed by atoms with van der Waals surface area (Å²) in [6.07, 6.45) is 0.689. The molecule has 0 N–H and O–H groups in total. The molecule has 0 aliphatic heterocycles. The molecule has 0 amide bonds. The average Bonchev–Trinajstić information content (AvgIpc) is 2.33. The summed E-state index contributed by atoms with van der Waals surface area (Å²) in [5.74, 6) is 2.18. The third kappa shape index (κ3) is 2.17. The first-order valence-electron chi connectivity index (χ1n) is 5.41. The fourth-order valence-electron chi connectivity index (χ4n) is 2.02. The van der Waals surface area contributed by atoms with Crippen LogP contribution in [0.1, 0.15) is 20.8 Å². The van der Waals surface area contributed by atoms with E-state index in [2.05, 4.69) is 0 Å². The van der Waals surface area contributed by atoms with Crippen LogP contribution in [0, 0.1) is 5.92 Å². The van der Waals surface area contributed by atoms with Crippen molar-refractivity contribution < 1.29 is 19.1 Å². The Hall–Kier alpha value is -1.80. The molecule has 92 valence electrons. The van der Waals surface area contributed by atoms with Crippen LogP contribution in [0.3, 0.4) is 0 Å². The lowest BCUT2D eigenvalue weighted by Gasteiger charge is -2.26. The highest BCUT2D eigenvalue weighted by Crippen LogP contribution is 2.36. The minimum atomic E-state index is -0.679. The maximum Gasteiger partial charge on any atom is 0.135 e. The van der Waals surface area contributed by atoms with Gasteiger partial charge in [0.05, 0.1) is 19.3 Å². The highest BCUT2D eigenvalue weighted by Gasteiger charge is 2.32. The number of methoxy groups -OCH3 is 1. The number of hydrogen-bond acceptors (Lipinski definition) is 4. The van der Waals surface area contributed by atoms with Gasteiger partial charge >= 0.3 is 0 Å². The van der Waals surface area contributed by atoms with Crippen molar-refractivity contribution in [3.05, 3.63) is 28.2 Å². The van der Waals surface area contributed by atoms with Gasteiger partial charge in [0, 0.05) is 11.1 Å². The third-order valence-corrected chi connectivity index (χ3v) is 2.80. The highest BCUT2D eigenvalue weighted by atomic mass is 16.5. The van der Waals surface area contributed by atoms with Gasteiger partial charge in [-0.15, -0.1) is 0 Å². The molecule has 0 saturated carbocycles. The van der Waals surface area contributed by atoms with Crippen LogP contribution in [-0.2, 0) is 19.1 Å². The summed E-state index contributed by atoms with van der Waals surface area (Å²) in [5.41, 5.74) is 1.69. The molecular weight excluding hydrogens is 220 g/mol. The predicted molar refractivity (Wildman–Crippen MR) is 62.8 cm³/mol. The molecule has 0 saturated heterocycles. The Morgan fingerprint density at radius 1 is 1.35 bits per heavy atom. The lowest BCUT2D eigenvalue weighted by Crippen LogP contribution is -2.21. The molecule has 0 aromatic heterocycles. The predicted octanol–water partition coefficient (Wildman–Crippen LogP) is 1.80. The Balaban J connectivity index is 3.44. The molecular formula is C13H16O4. The van der Waals surface area contributed by atoms with E-state index in [0.29, 0.717) is 30.0 Å². The molecule has 1 unspecified atom stereocenters. The molecule has 0 fully saturated rings. The molecule has 0 bridgehead atoms. The Morgan fingerprint density at radius 2 is 2.00 bits per heavy atom. The van der Waals surface area contributed by atoms with Gasteiger partial charge in [-0.2, -0.15) is 0 Å². The van der Waals surface area contributed by atoms with Crippen molar-refractivity contribution in [3.8, 4) is 0 Å². The molecule has 0 radical (unpaired) electrons. The summed E-state index contributed by atoms with van der Waals surface area (Å²) in [6, 6.07) is 0. The van der Waals surface area contributed by atoms with E-state index in [4.69, 9.17) is 9.47 Å². The first-order valence-corrected chi connectivity index (χ1v) is 5.41. The summed E-state index contributed by atoms with van der Waals surface area (Å²) in [6.45, 7) is 5.90. The van der Waals surface area contributed by atoms with E-state index >= 15 is 0 Å². The molecule has 1 aliphatic carbocycles. The van der Waals surface area contributed by atoms with Crippen molar-refractivity contribution in [3.63, 3.8) is 0 Å². The number of ether oxygens (including phenoxy) is 2. The Bertz CT molecular complexity index is 436. The fraction of sp³-hybridized carbons (Fsp3) is 0.462. The van der Waals surface area contributed by atoms with E-state index in [-0.39, 0.29) is 5.57 Å². The minimum Gasteiger partial charge on any atom is -0.500 e. The summed E-state index contributed by atoms with van der Waals surface area (Å²) in [4.78, 5) is 22.0. The van der Waals surface area contributed by atoms with Crippen LogP contribution < -0.4 is 0 Å². The van der Waals surface area contributed by atoms with Crippen LogP contribution >= 0.6 is 0 Å². The summed E-state index contributed by atoms with van der Waals surface area (Å²) < 4.78 is 10.7. The number of carbonyl (C=O) groups excluding carboxylic acids is 2. The van der Waals surface area contributed by atoms with Gasteiger partial charge in [-0.1, -0.05) is 0 Å². The Kier molecular flexibility index (Phi) is 4.30. The first kappa shape index (κ1) is 13.3. The van der Waals surface area contributed by atoms with Gasteiger partial charge in [-0.25, -0.2) is 4.79 Å². The molecule has 0 heterocycles. The summed E-state index contributed by atoms with van der Waals surface area (Å²) in [5, 5.41) is 0. The lowest BCUT2D eigenvalue weighted by atomic mass is 9.85. The van der Waals surface area contributed by atoms with E-state index < -0.39 is 5.92 Å². The zero-order valence-electron chi connectivity index (χ0n) is 10.5. The lowest BCUT2D eigenvalue weighted by molar-refractivity contribution is -0.110. The number of hydrogen-bond donors (Lipinski definition) is 0. The SMILES string of the molecule is CCOC1=C(C)C(=C=O)C(C=O)C(OC)=C1C. The van der Waals surface area contributed by atoms with Crippen molar-refractivity contribution in [2.75, 3.05) is 13.7 Å². The second-order valence-corrected chi connectivity index (χ2v) is 3.71. The smallest absolute Gasteiger partial charge is 0.135 e. The quantitative estimate of drug-likeness (QED) is 0.551. The zero-order valence-corrected chi connectivity index (χ0v) is 10.5. The van der Waals surface area contributed by atoms with Gasteiger partial charge in [-0.05, 0) is 20.8 Å². The topological polar surface area (TPSA) is 52.6 Å². The molecule has 1 rings (SSSR count). The Morgan fingerprint density at radius 3 is 2.41 bits per heavy atom. The van der Waals surface area contributed by atoms with E-state index in [1.165, 1.54) is 7.11 Å². The summed E-state index contributed by atoms with van der Waals surface area (Å²) in [7, 11) is 1.47. The molecule has 1 aliphatic rings. The van der Waals surface area contributed by atoms with Crippen LogP contribution in [0.25, 0.3) is 0 Å². The van der Waals surface area contributed by atoms with E-state index in [1.54, 1.807) is 6.92 Å². The van der Waals surface area contributed by atoms with Crippen molar-refractivity contribution in [1.82, 2.24) is 0 Å². The zero-order chi connectivity index (χ0) is 13.0. The van der Waals surface area contributed by atoms with Crippen molar-refractivity contribution in [1.29, 1.82) is 0 Å². The number of carbonyl (C=O) groups is 1. The van der Waals surface area contributed by atoms with Crippen molar-refractivity contribution >= 4 is 12.2 Å². The van der Waals surface area contributed by atoms with Crippen LogP contribution in [0.2, 0.25) is 0 Å². The van der Waals surface area contributed by atoms with E-state index in [9.17, 15) is 9.59 Å².